The summed E-state index contributed by atoms with van der Waals surface area (Å²) in [6.45, 7) is 4.12. The van der Waals surface area contributed by atoms with Gasteiger partial charge in [0, 0.05) is 5.39 Å². The van der Waals surface area contributed by atoms with Crippen LogP contribution in [0.3, 0.4) is 0 Å². The van der Waals surface area contributed by atoms with Crippen LogP contribution in [-0.2, 0) is 0 Å². The second kappa shape index (κ2) is 3.82. The fourth-order valence-corrected chi connectivity index (χ4v) is 1.97. The highest BCUT2D eigenvalue weighted by molar-refractivity contribution is 5.87. The molecule has 0 atom stereocenters. The Morgan fingerprint density at radius 1 is 1.31 bits per heavy atom. The smallest absolute Gasteiger partial charge is 0.142 e. The number of para-hydroxylation sites is 1. The van der Waals surface area contributed by atoms with Crippen LogP contribution in [0, 0.1) is 11.3 Å². The number of benzene rings is 1. The van der Waals surface area contributed by atoms with Crippen LogP contribution in [0.15, 0.2) is 24.3 Å². The first kappa shape index (κ1) is 10.4. The van der Waals surface area contributed by atoms with Gasteiger partial charge in [0.25, 0.3) is 0 Å². The predicted molar refractivity (Wildman–Crippen MR) is 65.0 cm³/mol. The Balaban J connectivity index is 2.94. The van der Waals surface area contributed by atoms with E-state index in [9.17, 15) is 0 Å². The maximum absolute atomic E-state index is 9.14. The van der Waals surface area contributed by atoms with E-state index in [0.717, 1.165) is 16.5 Å². The molecule has 0 radical (unpaired) electrons. The van der Waals surface area contributed by atoms with E-state index in [1.807, 2.05) is 24.3 Å². The molecule has 0 saturated heterocycles. The van der Waals surface area contributed by atoms with Crippen LogP contribution in [0.4, 0.5) is 5.82 Å². The first-order valence-corrected chi connectivity index (χ1v) is 5.23. The van der Waals surface area contributed by atoms with Crippen molar-refractivity contribution in [3.8, 4) is 6.07 Å². The summed E-state index contributed by atoms with van der Waals surface area (Å²) in [4.78, 5) is 4.24. The number of nitrogen functional groups attached to an aromatic ring is 1. The lowest BCUT2D eigenvalue weighted by molar-refractivity contribution is 0.871. The minimum atomic E-state index is 0.254. The Morgan fingerprint density at radius 3 is 2.62 bits per heavy atom. The van der Waals surface area contributed by atoms with Crippen molar-refractivity contribution in [1.82, 2.24) is 4.98 Å². The van der Waals surface area contributed by atoms with Crippen LogP contribution < -0.4 is 5.73 Å². The number of pyridine rings is 1. The second-order valence-electron chi connectivity index (χ2n) is 4.07. The standard InChI is InChI=1S/C13H13N3/c1-8(2)12-9-5-3-4-6-11(9)16-13(15)10(12)7-14/h3-6,8H,1-2H3,(H2,15,16). The molecule has 0 bridgehead atoms. The number of aromatic nitrogens is 1. The molecule has 3 nitrogen and oxygen atoms in total. The van der Waals surface area contributed by atoms with E-state index in [0.29, 0.717) is 11.4 Å². The van der Waals surface area contributed by atoms with E-state index in [4.69, 9.17) is 11.0 Å². The SMILES string of the molecule is CC(C)c1c(C#N)c(N)nc2ccccc12. The minimum absolute atomic E-state index is 0.254. The van der Waals surface area contributed by atoms with E-state index in [2.05, 4.69) is 24.9 Å². The lowest BCUT2D eigenvalue weighted by Gasteiger charge is -2.13. The summed E-state index contributed by atoms with van der Waals surface area (Å²) < 4.78 is 0. The largest absolute Gasteiger partial charge is 0.383 e. The highest BCUT2D eigenvalue weighted by atomic mass is 14.8. The Bertz CT molecular complexity index is 579. The van der Waals surface area contributed by atoms with Crippen molar-refractivity contribution in [2.24, 2.45) is 0 Å². The number of nitriles is 1. The fourth-order valence-electron chi connectivity index (χ4n) is 1.97. The van der Waals surface area contributed by atoms with E-state index < -0.39 is 0 Å². The lowest BCUT2D eigenvalue weighted by atomic mass is 9.94. The van der Waals surface area contributed by atoms with Gasteiger partial charge in [0.15, 0.2) is 0 Å². The normalized spacial score (nSPS) is 10.6. The van der Waals surface area contributed by atoms with Gasteiger partial charge in [-0.05, 0) is 17.5 Å². The topological polar surface area (TPSA) is 62.7 Å². The molecule has 2 aromatic rings. The molecule has 0 spiro atoms. The van der Waals surface area contributed by atoms with Gasteiger partial charge in [-0.15, -0.1) is 0 Å². The van der Waals surface area contributed by atoms with E-state index in [-0.39, 0.29) is 5.92 Å². The average molecular weight is 211 g/mol. The first-order valence-electron chi connectivity index (χ1n) is 5.23. The van der Waals surface area contributed by atoms with Crippen molar-refractivity contribution in [2.75, 3.05) is 5.73 Å². The molecule has 16 heavy (non-hydrogen) atoms. The zero-order valence-corrected chi connectivity index (χ0v) is 9.36. The summed E-state index contributed by atoms with van der Waals surface area (Å²) in [5.74, 6) is 0.578. The zero-order valence-electron chi connectivity index (χ0n) is 9.36. The average Bonchev–Trinajstić information content (AvgIpc) is 2.26. The summed E-state index contributed by atoms with van der Waals surface area (Å²) in [5.41, 5.74) is 8.15. The third kappa shape index (κ3) is 1.49. The molecule has 0 aliphatic heterocycles. The molecule has 0 unspecified atom stereocenters. The van der Waals surface area contributed by atoms with Crippen molar-refractivity contribution in [3.63, 3.8) is 0 Å². The summed E-state index contributed by atoms with van der Waals surface area (Å²) in [6.07, 6.45) is 0. The van der Waals surface area contributed by atoms with Crippen LogP contribution in [0.1, 0.15) is 30.9 Å². The molecule has 1 aromatic carbocycles. The van der Waals surface area contributed by atoms with Crippen molar-refractivity contribution < 1.29 is 0 Å². The number of nitrogens with zero attached hydrogens (tertiary/aromatic N) is 2. The minimum Gasteiger partial charge on any atom is -0.383 e. The van der Waals surface area contributed by atoms with Crippen molar-refractivity contribution in [1.29, 1.82) is 5.26 Å². The zero-order chi connectivity index (χ0) is 11.7. The van der Waals surface area contributed by atoms with Gasteiger partial charge in [-0.3, -0.25) is 0 Å². The Morgan fingerprint density at radius 2 is 2.00 bits per heavy atom. The number of nitrogens with two attached hydrogens (primary N) is 1. The third-order valence-electron chi connectivity index (χ3n) is 2.65. The highest BCUT2D eigenvalue weighted by Gasteiger charge is 2.15. The molecule has 0 aliphatic rings. The third-order valence-corrected chi connectivity index (χ3v) is 2.65. The van der Waals surface area contributed by atoms with Crippen LogP contribution >= 0.6 is 0 Å². The molecule has 1 aromatic heterocycles. The second-order valence-corrected chi connectivity index (χ2v) is 4.07. The first-order chi connectivity index (χ1) is 7.65. The van der Waals surface area contributed by atoms with Gasteiger partial charge in [0.05, 0.1) is 11.1 Å². The molecule has 2 N–H and O–H groups in total. The monoisotopic (exact) mass is 211 g/mol. The molecule has 0 fully saturated rings. The molecule has 3 heteroatoms. The Labute approximate surface area is 94.5 Å². The maximum atomic E-state index is 9.14. The number of hydrogen-bond acceptors (Lipinski definition) is 3. The molecular weight excluding hydrogens is 198 g/mol. The molecule has 1 heterocycles. The Kier molecular flexibility index (Phi) is 2.49. The Hall–Kier alpha value is -2.08. The van der Waals surface area contributed by atoms with Crippen LogP contribution in [-0.4, -0.2) is 4.98 Å². The summed E-state index contributed by atoms with van der Waals surface area (Å²) >= 11 is 0. The van der Waals surface area contributed by atoms with Gasteiger partial charge in [0.1, 0.15) is 11.9 Å². The molecule has 0 aliphatic carbocycles. The van der Waals surface area contributed by atoms with Crippen molar-refractivity contribution >= 4 is 16.7 Å². The number of fused-ring (bicyclic) bond motifs is 1. The van der Waals surface area contributed by atoms with Crippen LogP contribution in [0.2, 0.25) is 0 Å². The van der Waals surface area contributed by atoms with Gasteiger partial charge in [-0.25, -0.2) is 4.98 Å². The van der Waals surface area contributed by atoms with E-state index in [1.54, 1.807) is 0 Å². The molecular formula is C13H13N3. The van der Waals surface area contributed by atoms with Crippen molar-refractivity contribution in [2.45, 2.75) is 19.8 Å². The lowest BCUT2D eigenvalue weighted by Crippen LogP contribution is -2.03. The van der Waals surface area contributed by atoms with Crippen LogP contribution in [0.5, 0.6) is 0 Å². The predicted octanol–water partition coefficient (Wildman–Crippen LogP) is 2.81. The van der Waals surface area contributed by atoms with E-state index >= 15 is 0 Å². The van der Waals surface area contributed by atoms with Gasteiger partial charge < -0.3 is 5.73 Å². The van der Waals surface area contributed by atoms with Crippen LogP contribution in [0.25, 0.3) is 10.9 Å². The van der Waals surface area contributed by atoms with Gasteiger partial charge in [-0.1, -0.05) is 32.0 Å². The number of rotatable bonds is 1. The summed E-state index contributed by atoms with van der Waals surface area (Å²) in [6, 6.07) is 9.92. The van der Waals surface area contributed by atoms with Gasteiger partial charge in [-0.2, -0.15) is 5.26 Å². The number of hydrogen-bond donors (Lipinski definition) is 1. The van der Waals surface area contributed by atoms with Crippen molar-refractivity contribution in [3.05, 3.63) is 35.4 Å². The molecule has 0 amide bonds. The van der Waals surface area contributed by atoms with Gasteiger partial charge >= 0.3 is 0 Å². The fraction of sp³-hybridized carbons (Fsp3) is 0.231. The summed E-state index contributed by atoms with van der Waals surface area (Å²) in [5, 5.41) is 10.2. The quantitative estimate of drug-likeness (QED) is 0.788. The van der Waals surface area contributed by atoms with Gasteiger partial charge in [0.2, 0.25) is 0 Å². The molecule has 80 valence electrons. The number of anilines is 1. The molecule has 0 saturated carbocycles. The molecule has 2 rings (SSSR count). The highest BCUT2D eigenvalue weighted by Crippen LogP contribution is 2.30. The maximum Gasteiger partial charge on any atom is 0.142 e. The summed E-state index contributed by atoms with van der Waals surface area (Å²) in [7, 11) is 0. The van der Waals surface area contributed by atoms with E-state index in [1.165, 1.54) is 0 Å².